The van der Waals surface area contributed by atoms with Crippen molar-refractivity contribution in [1.82, 2.24) is 15.0 Å². The highest BCUT2D eigenvalue weighted by atomic mass is 16.5. The number of nitrogens with zero attached hydrogens (tertiary/aromatic N) is 3. The lowest BCUT2D eigenvalue weighted by Crippen LogP contribution is -2.17. The lowest BCUT2D eigenvalue weighted by Gasteiger charge is -2.05. The molecule has 1 aromatic rings. The Bertz CT molecular complexity index is 286. The summed E-state index contributed by atoms with van der Waals surface area (Å²) in [6.07, 6.45) is 1.87. The van der Waals surface area contributed by atoms with Gasteiger partial charge in [-0.3, -0.25) is 4.68 Å². The van der Waals surface area contributed by atoms with Gasteiger partial charge >= 0.3 is 0 Å². The minimum atomic E-state index is -0.501. The van der Waals surface area contributed by atoms with Crippen LogP contribution in [0.25, 0.3) is 0 Å². The van der Waals surface area contributed by atoms with Gasteiger partial charge in [0.25, 0.3) is 0 Å². The molecule has 0 radical (unpaired) electrons. The highest BCUT2D eigenvalue weighted by molar-refractivity contribution is 4.94. The van der Waals surface area contributed by atoms with Crippen LogP contribution in [0.2, 0.25) is 0 Å². The number of aliphatic hydroxyl groups is 1. The van der Waals surface area contributed by atoms with E-state index in [0.717, 1.165) is 12.2 Å². The summed E-state index contributed by atoms with van der Waals surface area (Å²) in [6, 6.07) is 0. The van der Waals surface area contributed by atoms with Gasteiger partial charge in [-0.25, -0.2) is 0 Å². The third kappa shape index (κ3) is 4.40. The zero-order valence-electron chi connectivity index (χ0n) is 9.55. The number of rotatable bonds is 6. The molecular formula is C10H19N3O2. The third-order valence-corrected chi connectivity index (χ3v) is 1.94. The van der Waals surface area contributed by atoms with Gasteiger partial charge in [-0.1, -0.05) is 19.1 Å². The van der Waals surface area contributed by atoms with Crippen LogP contribution in [-0.4, -0.2) is 39.9 Å². The first-order valence-electron chi connectivity index (χ1n) is 5.17. The van der Waals surface area contributed by atoms with Crippen LogP contribution in [0.1, 0.15) is 19.5 Å². The van der Waals surface area contributed by atoms with Gasteiger partial charge in [-0.2, -0.15) is 0 Å². The Morgan fingerprint density at radius 3 is 2.87 bits per heavy atom. The molecule has 0 aliphatic heterocycles. The van der Waals surface area contributed by atoms with Crippen molar-refractivity contribution >= 4 is 0 Å². The van der Waals surface area contributed by atoms with Crippen LogP contribution in [0.4, 0.5) is 0 Å². The fourth-order valence-electron chi connectivity index (χ4n) is 1.39. The fraction of sp³-hybridized carbons (Fsp3) is 0.800. The number of hydrogen-bond acceptors (Lipinski definition) is 4. The van der Waals surface area contributed by atoms with Crippen LogP contribution in [0.15, 0.2) is 6.20 Å². The topological polar surface area (TPSA) is 60.2 Å². The molecule has 0 unspecified atom stereocenters. The molecule has 15 heavy (non-hydrogen) atoms. The Morgan fingerprint density at radius 2 is 2.27 bits per heavy atom. The first-order valence-corrected chi connectivity index (χ1v) is 5.17. The number of hydrogen-bond donors (Lipinski definition) is 1. The Labute approximate surface area is 90.1 Å². The molecule has 1 N–H and O–H groups in total. The van der Waals surface area contributed by atoms with E-state index in [-0.39, 0.29) is 0 Å². The molecule has 5 nitrogen and oxygen atoms in total. The smallest absolute Gasteiger partial charge is 0.0853 e. The summed E-state index contributed by atoms with van der Waals surface area (Å²) in [5, 5.41) is 17.5. The van der Waals surface area contributed by atoms with Crippen molar-refractivity contribution in [1.29, 1.82) is 0 Å². The monoisotopic (exact) mass is 213 g/mol. The van der Waals surface area contributed by atoms with Crippen LogP contribution in [0.3, 0.4) is 0 Å². The van der Waals surface area contributed by atoms with Crippen LogP contribution in [0, 0.1) is 5.92 Å². The lowest BCUT2D eigenvalue weighted by molar-refractivity contribution is 0.0644. The lowest BCUT2D eigenvalue weighted by atomic mass is 10.2. The highest BCUT2D eigenvalue weighted by Crippen LogP contribution is 2.02. The average Bonchev–Trinajstić information content (AvgIpc) is 2.51. The van der Waals surface area contributed by atoms with E-state index in [1.165, 1.54) is 0 Å². The van der Waals surface area contributed by atoms with Crippen molar-refractivity contribution < 1.29 is 9.84 Å². The van der Waals surface area contributed by atoms with E-state index in [2.05, 4.69) is 24.2 Å². The van der Waals surface area contributed by atoms with Gasteiger partial charge in [0, 0.05) is 26.3 Å². The van der Waals surface area contributed by atoms with Crippen LogP contribution < -0.4 is 0 Å². The molecule has 0 bridgehead atoms. The van der Waals surface area contributed by atoms with E-state index in [4.69, 9.17) is 4.74 Å². The Balaban J connectivity index is 2.45. The molecule has 0 spiro atoms. The van der Waals surface area contributed by atoms with Crippen molar-refractivity contribution in [2.75, 3.05) is 13.7 Å². The predicted octanol–water partition coefficient (Wildman–Crippen LogP) is 0.484. The minimum Gasteiger partial charge on any atom is -0.390 e. The quantitative estimate of drug-likeness (QED) is 0.747. The maximum Gasteiger partial charge on any atom is 0.0853 e. The van der Waals surface area contributed by atoms with Gasteiger partial charge in [-0.15, -0.1) is 5.10 Å². The molecular weight excluding hydrogens is 194 g/mol. The first kappa shape index (κ1) is 12.1. The molecule has 1 aromatic heterocycles. The summed E-state index contributed by atoms with van der Waals surface area (Å²) in [5.74, 6) is 0.545. The Hall–Kier alpha value is -0.940. The number of aromatic nitrogens is 3. The van der Waals surface area contributed by atoms with Crippen LogP contribution in [-0.2, 0) is 17.7 Å². The van der Waals surface area contributed by atoms with Crippen molar-refractivity contribution in [2.45, 2.75) is 32.9 Å². The molecule has 0 saturated carbocycles. The second kappa shape index (κ2) is 5.82. The zero-order valence-corrected chi connectivity index (χ0v) is 9.55. The molecule has 0 amide bonds. The Morgan fingerprint density at radius 1 is 1.53 bits per heavy atom. The number of aliphatic hydroxyl groups excluding tert-OH is 1. The SMILES string of the molecule is COC[C@@H](O)Cc1cn(CC(C)C)nn1. The number of methoxy groups -OCH3 is 1. The molecule has 0 aliphatic rings. The van der Waals surface area contributed by atoms with Crippen molar-refractivity contribution in [3.8, 4) is 0 Å². The maximum absolute atomic E-state index is 9.49. The van der Waals surface area contributed by atoms with Crippen molar-refractivity contribution in [3.63, 3.8) is 0 Å². The molecule has 86 valence electrons. The van der Waals surface area contributed by atoms with Gasteiger partial charge in [0.1, 0.15) is 0 Å². The van der Waals surface area contributed by atoms with Crippen LogP contribution >= 0.6 is 0 Å². The molecule has 0 saturated heterocycles. The van der Waals surface area contributed by atoms with Gasteiger partial charge in [0.2, 0.25) is 0 Å². The summed E-state index contributed by atoms with van der Waals surface area (Å²) in [5.41, 5.74) is 0.806. The largest absolute Gasteiger partial charge is 0.390 e. The van der Waals surface area contributed by atoms with Gasteiger partial charge < -0.3 is 9.84 Å². The second-order valence-electron chi connectivity index (χ2n) is 4.14. The summed E-state index contributed by atoms with van der Waals surface area (Å²) < 4.78 is 6.65. The molecule has 5 heteroatoms. The summed E-state index contributed by atoms with van der Waals surface area (Å²) in [4.78, 5) is 0. The molecule has 1 heterocycles. The normalized spacial score (nSPS) is 13.4. The van der Waals surface area contributed by atoms with Crippen molar-refractivity contribution in [2.24, 2.45) is 5.92 Å². The zero-order chi connectivity index (χ0) is 11.3. The van der Waals surface area contributed by atoms with Gasteiger partial charge in [0.15, 0.2) is 0 Å². The second-order valence-corrected chi connectivity index (χ2v) is 4.14. The van der Waals surface area contributed by atoms with E-state index >= 15 is 0 Å². The maximum atomic E-state index is 9.49. The fourth-order valence-corrected chi connectivity index (χ4v) is 1.39. The Kier molecular flexibility index (Phi) is 4.71. The first-order chi connectivity index (χ1) is 7.11. The standard InChI is InChI=1S/C10H19N3O2/c1-8(2)5-13-6-9(11-12-13)4-10(14)7-15-3/h6,8,10,14H,4-5,7H2,1-3H3/t10-/m0/s1. The highest BCUT2D eigenvalue weighted by Gasteiger charge is 2.08. The number of ether oxygens (including phenoxy) is 1. The van der Waals surface area contributed by atoms with E-state index in [9.17, 15) is 5.11 Å². The van der Waals surface area contributed by atoms with Crippen LogP contribution in [0.5, 0.6) is 0 Å². The van der Waals surface area contributed by atoms with E-state index in [1.54, 1.807) is 11.8 Å². The van der Waals surface area contributed by atoms with Gasteiger partial charge in [-0.05, 0) is 5.92 Å². The average molecular weight is 213 g/mol. The molecule has 1 rings (SSSR count). The van der Waals surface area contributed by atoms with E-state index < -0.39 is 6.10 Å². The molecule has 0 fully saturated rings. The predicted molar refractivity (Wildman–Crippen MR) is 56.4 cm³/mol. The summed E-state index contributed by atoms with van der Waals surface area (Å²) >= 11 is 0. The summed E-state index contributed by atoms with van der Waals surface area (Å²) in [6.45, 7) is 5.44. The van der Waals surface area contributed by atoms with Gasteiger partial charge in [0.05, 0.1) is 18.4 Å². The molecule has 1 atom stereocenters. The minimum absolute atomic E-state index is 0.330. The molecule has 0 aliphatic carbocycles. The third-order valence-electron chi connectivity index (χ3n) is 1.94. The molecule has 0 aromatic carbocycles. The summed E-state index contributed by atoms with van der Waals surface area (Å²) in [7, 11) is 1.57. The van der Waals surface area contributed by atoms with Crippen molar-refractivity contribution in [3.05, 3.63) is 11.9 Å². The van der Waals surface area contributed by atoms with E-state index in [1.807, 2.05) is 6.20 Å². The van der Waals surface area contributed by atoms with E-state index in [0.29, 0.717) is 18.9 Å².